The molecule has 72 valence electrons. The summed E-state index contributed by atoms with van der Waals surface area (Å²) in [6.45, 7) is 0. The Morgan fingerprint density at radius 2 is 2.43 bits per heavy atom. The predicted octanol–water partition coefficient (Wildman–Crippen LogP) is 2.02. The van der Waals surface area contributed by atoms with E-state index in [0.29, 0.717) is 0 Å². The zero-order valence-corrected chi connectivity index (χ0v) is 7.99. The highest BCUT2D eigenvalue weighted by molar-refractivity contribution is 5.47. The number of methoxy groups -OCH3 is 1. The maximum absolute atomic E-state index is 10.2. The summed E-state index contributed by atoms with van der Waals surface area (Å²) < 4.78 is 5.24. The molecule has 0 aromatic heterocycles. The molecule has 1 aromatic rings. The van der Waals surface area contributed by atoms with Crippen LogP contribution < -0.4 is 4.74 Å². The number of hydrogen-bond donors (Lipinski definition) is 0. The molecule has 1 aromatic carbocycles. The monoisotopic (exact) mass is 189 g/mol. The SMILES string of the molecule is COc1cccc2c1C(N=C=O)CC2. The molecular formula is C11H11NO2. The van der Waals surface area contributed by atoms with E-state index in [1.165, 1.54) is 5.56 Å². The zero-order chi connectivity index (χ0) is 9.97. The van der Waals surface area contributed by atoms with E-state index in [9.17, 15) is 4.79 Å². The first-order chi connectivity index (χ1) is 6.86. The number of aliphatic imine (C=N–C) groups is 1. The van der Waals surface area contributed by atoms with Gasteiger partial charge in [0, 0.05) is 5.56 Å². The summed E-state index contributed by atoms with van der Waals surface area (Å²) in [5.74, 6) is 0.823. The highest BCUT2D eigenvalue weighted by atomic mass is 16.5. The number of aryl methyl sites for hydroxylation is 1. The number of nitrogens with zero attached hydrogens (tertiary/aromatic N) is 1. The van der Waals surface area contributed by atoms with Gasteiger partial charge < -0.3 is 4.74 Å². The fraction of sp³-hybridized carbons (Fsp3) is 0.364. The van der Waals surface area contributed by atoms with Crippen molar-refractivity contribution < 1.29 is 9.53 Å². The molecule has 1 atom stereocenters. The molecule has 0 saturated carbocycles. The first kappa shape index (κ1) is 8.97. The van der Waals surface area contributed by atoms with E-state index in [-0.39, 0.29) is 6.04 Å². The molecule has 0 N–H and O–H groups in total. The van der Waals surface area contributed by atoms with E-state index in [1.54, 1.807) is 13.2 Å². The highest BCUT2D eigenvalue weighted by Crippen LogP contribution is 2.39. The van der Waals surface area contributed by atoms with Crippen LogP contribution in [0.4, 0.5) is 0 Å². The summed E-state index contributed by atoms with van der Waals surface area (Å²) in [5, 5.41) is 0. The maximum Gasteiger partial charge on any atom is 0.235 e. The number of rotatable bonds is 2. The van der Waals surface area contributed by atoms with Gasteiger partial charge >= 0.3 is 0 Å². The minimum atomic E-state index is -0.0568. The van der Waals surface area contributed by atoms with Crippen molar-refractivity contribution in [3.63, 3.8) is 0 Å². The molecule has 0 heterocycles. The molecule has 2 rings (SSSR count). The van der Waals surface area contributed by atoms with Gasteiger partial charge in [-0.25, -0.2) is 4.79 Å². The lowest BCUT2D eigenvalue weighted by Gasteiger charge is -2.09. The third-order valence-electron chi connectivity index (χ3n) is 2.61. The number of benzene rings is 1. The van der Waals surface area contributed by atoms with Crippen molar-refractivity contribution in [3.8, 4) is 5.75 Å². The Morgan fingerprint density at radius 1 is 1.57 bits per heavy atom. The Hall–Kier alpha value is -1.60. The largest absolute Gasteiger partial charge is 0.496 e. The quantitative estimate of drug-likeness (QED) is 0.527. The molecule has 1 aliphatic carbocycles. The van der Waals surface area contributed by atoms with E-state index < -0.39 is 0 Å². The van der Waals surface area contributed by atoms with Crippen LogP contribution in [0.3, 0.4) is 0 Å². The molecule has 3 nitrogen and oxygen atoms in total. The van der Waals surface area contributed by atoms with Crippen LogP contribution in [0.25, 0.3) is 0 Å². The summed E-state index contributed by atoms with van der Waals surface area (Å²) in [5.41, 5.74) is 2.28. The molecule has 0 radical (unpaired) electrons. The summed E-state index contributed by atoms with van der Waals surface area (Å²) >= 11 is 0. The summed E-state index contributed by atoms with van der Waals surface area (Å²) in [6.07, 6.45) is 3.46. The molecule has 0 saturated heterocycles. The minimum Gasteiger partial charge on any atom is -0.496 e. The molecule has 0 aliphatic heterocycles. The van der Waals surface area contributed by atoms with Gasteiger partial charge in [-0.3, -0.25) is 0 Å². The second-order valence-corrected chi connectivity index (χ2v) is 3.31. The van der Waals surface area contributed by atoms with Crippen LogP contribution in [0, 0.1) is 0 Å². The van der Waals surface area contributed by atoms with E-state index >= 15 is 0 Å². The van der Waals surface area contributed by atoms with Crippen molar-refractivity contribution >= 4 is 6.08 Å². The minimum absolute atomic E-state index is 0.0568. The molecule has 3 heteroatoms. The molecule has 0 spiro atoms. The normalized spacial score (nSPS) is 18.5. The van der Waals surface area contributed by atoms with Crippen molar-refractivity contribution in [2.24, 2.45) is 4.99 Å². The number of isocyanates is 1. The van der Waals surface area contributed by atoms with E-state index in [1.807, 2.05) is 12.1 Å². The lowest BCUT2D eigenvalue weighted by Crippen LogP contribution is -1.94. The van der Waals surface area contributed by atoms with Crippen molar-refractivity contribution in [3.05, 3.63) is 29.3 Å². The topological polar surface area (TPSA) is 38.7 Å². The predicted molar refractivity (Wildman–Crippen MR) is 52.2 cm³/mol. The second-order valence-electron chi connectivity index (χ2n) is 3.31. The lowest BCUT2D eigenvalue weighted by molar-refractivity contribution is 0.407. The van der Waals surface area contributed by atoms with Crippen LogP contribution in [0.1, 0.15) is 23.6 Å². The maximum atomic E-state index is 10.2. The Kier molecular flexibility index (Phi) is 2.33. The average molecular weight is 189 g/mol. The van der Waals surface area contributed by atoms with Crippen molar-refractivity contribution in [2.75, 3.05) is 7.11 Å². The van der Waals surface area contributed by atoms with E-state index in [0.717, 1.165) is 24.2 Å². The van der Waals surface area contributed by atoms with Gasteiger partial charge in [0.05, 0.1) is 13.2 Å². The van der Waals surface area contributed by atoms with Gasteiger partial charge in [-0.05, 0) is 24.5 Å². The summed E-state index contributed by atoms with van der Waals surface area (Å²) in [7, 11) is 1.63. The van der Waals surface area contributed by atoms with Gasteiger partial charge in [-0.2, -0.15) is 4.99 Å². The summed E-state index contributed by atoms with van der Waals surface area (Å²) in [6, 6.07) is 5.86. The molecule has 14 heavy (non-hydrogen) atoms. The van der Waals surface area contributed by atoms with Gasteiger partial charge in [0.15, 0.2) is 0 Å². The smallest absolute Gasteiger partial charge is 0.235 e. The molecule has 1 aliphatic rings. The standard InChI is InChI=1S/C11H11NO2/c1-14-10-4-2-3-8-5-6-9(11(8)10)12-7-13/h2-4,9H,5-6H2,1H3. The van der Waals surface area contributed by atoms with E-state index in [4.69, 9.17) is 4.74 Å². The molecule has 0 amide bonds. The Labute approximate surface area is 82.4 Å². The molecule has 1 unspecified atom stereocenters. The Balaban J connectivity index is 2.50. The third kappa shape index (κ3) is 1.32. The average Bonchev–Trinajstić information content (AvgIpc) is 2.62. The van der Waals surface area contributed by atoms with Crippen LogP contribution in [0.2, 0.25) is 0 Å². The first-order valence-electron chi connectivity index (χ1n) is 4.59. The Bertz CT molecular complexity index is 394. The molecule has 0 bridgehead atoms. The number of fused-ring (bicyclic) bond motifs is 1. The van der Waals surface area contributed by atoms with Gasteiger partial charge in [-0.1, -0.05) is 12.1 Å². The van der Waals surface area contributed by atoms with Gasteiger partial charge in [0.25, 0.3) is 0 Å². The van der Waals surface area contributed by atoms with Crippen molar-refractivity contribution in [1.82, 2.24) is 0 Å². The van der Waals surface area contributed by atoms with Crippen LogP contribution in [-0.4, -0.2) is 13.2 Å². The van der Waals surface area contributed by atoms with Crippen molar-refractivity contribution in [2.45, 2.75) is 18.9 Å². The Morgan fingerprint density at radius 3 is 3.14 bits per heavy atom. The van der Waals surface area contributed by atoms with E-state index in [2.05, 4.69) is 11.1 Å². The highest BCUT2D eigenvalue weighted by Gasteiger charge is 2.25. The van der Waals surface area contributed by atoms with Crippen LogP contribution in [0.15, 0.2) is 23.2 Å². The number of hydrogen-bond acceptors (Lipinski definition) is 3. The van der Waals surface area contributed by atoms with Crippen LogP contribution in [0.5, 0.6) is 5.75 Å². The number of carbonyl (C=O) groups excluding carboxylic acids is 1. The third-order valence-corrected chi connectivity index (χ3v) is 2.61. The first-order valence-corrected chi connectivity index (χ1v) is 4.59. The van der Waals surface area contributed by atoms with Crippen molar-refractivity contribution in [1.29, 1.82) is 0 Å². The fourth-order valence-electron chi connectivity index (χ4n) is 1.99. The van der Waals surface area contributed by atoms with Gasteiger partial charge in [-0.15, -0.1) is 0 Å². The second kappa shape index (κ2) is 3.64. The van der Waals surface area contributed by atoms with Crippen LogP contribution >= 0.6 is 0 Å². The van der Waals surface area contributed by atoms with Gasteiger partial charge in [0.1, 0.15) is 5.75 Å². The van der Waals surface area contributed by atoms with Gasteiger partial charge in [0.2, 0.25) is 6.08 Å². The lowest BCUT2D eigenvalue weighted by atomic mass is 10.1. The summed E-state index contributed by atoms with van der Waals surface area (Å²) in [4.78, 5) is 14.0. The molecular weight excluding hydrogens is 178 g/mol. The van der Waals surface area contributed by atoms with Crippen LogP contribution in [-0.2, 0) is 11.2 Å². The fourth-order valence-corrected chi connectivity index (χ4v) is 1.99. The zero-order valence-electron chi connectivity index (χ0n) is 7.99. The molecule has 0 fully saturated rings. The number of ether oxygens (including phenoxy) is 1.